The van der Waals surface area contributed by atoms with E-state index in [9.17, 15) is 9.90 Å². The molecule has 0 aliphatic rings. The molecule has 24 heavy (non-hydrogen) atoms. The highest BCUT2D eigenvalue weighted by atomic mass is 16.6. The molecule has 0 atom stereocenters. The second kappa shape index (κ2) is 6.82. The van der Waals surface area contributed by atoms with Gasteiger partial charge in [0.15, 0.2) is 6.61 Å². The average Bonchev–Trinajstić information content (AvgIpc) is 3.09. The van der Waals surface area contributed by atoms with Gasteiger partial charge in [-0.1, -0.05) is 35.5 Å². The first-order valence-corrected chi connectivity index (χ1v) is 7.09. The zero-order chi connectivity index (χ0) is 16.9. The number of methoxy groups -OCH3 is 1. The van der Waals surface area contributed by atoms with Gasteiger partial charge in [0.05, 0.1) is 7.11 Å². The van der Waals surface area contributed by atoms with Crippen molar-refractivity contribution in [2.75, 3.05) is 7.11 Å². The van der Waals surface area contributed by atoms with Gasteiger partial charge in [-0.3, -0.25) is 0 Å². The Morgan fingerprint density at radius 2 is 2.00 bits per heavy atom. The fourth-order valence-electron chi connectivity index (χ4n) is 2.03. The number of esters is 1. The number of rotatable bonds is 5. The van der Waals surface area contributed by atoms with E-state index < -0.39 is 5.97 Å². The molecule has 0 saturated heterocycles. The third-order valence-electron chi connectivity index (χ3n) is 3.25. The molecule has 0 unspecified atom stereocenters. The fraction of sp³-hybridized carbons (Fsp3) is 0.118. The maximum Gasteiger partial charge on any atom is 0.342 e. The SMILES string of the molecule is COc1ccc(C(=O)OCc2nc(-c3ccccc3)no2)c(O)c1. The molecule has 7 nitrogen and oxygen atoms in total. The van der Waals surface area contributed by atoms with Crippen molar-refractivity contribution in [1.82, 2.24) is 10.1 Å². The zero-order valence-electron chi connectivity index (χ0n) is 12.8. The van der Waals surface area contributed by atoms with E-state index in [4.69, 9.17) is 14.0 Å². The molecular weight excluding hydrogens is 312 g/mol. The lowest BCUT2D eigenvalue weighted by Crippen LogP contribution is -2.06. The van der Waals surface area contributed by atoms with Crippen LogP contribution in [0.15, 0.2) is 53.1 Å². The third kappa shape index (κ3) is 3.35. The van der Waals surface area contributed by atoms with Gasteiger partial charge < -0.3 is 19.1 Å². The summed E-state index contributed by atoms with van der Waals surface area (Å²) in [5, 5.41) is 13.6. The van der Waals surface area contributed by atoms with Crippen molar-refractivity contribution >= 4 is 5.97 Å². The van der Waals surface area contributed by atoms with E-state index in [1.165, 1.54) is 19.2 Å². The van der Waals surface area contributed by atoms with Gasteiger partial charge in [0.2, 0.25) is 5.82 Å². The summed E-state index contributed by atoms with van der Waals surface area (Å²) >= 11 is 0. The second-order valence-electron chi connectivity index (χ2n) is 4.84. The van der Waals surface area contributed by atoms with Gasteiger partial charge in [-0.05, 0) is 12.1 Å². The summed E-state index contributed by atoms with van der Waals surface area (Å²) < 4.78 is 15.1. The highest BCUT2D eigenvalue weighted by Gasteiger charge is 2.16. The van der Waals surface area contributed by atoms with Crippen molar-refractivity contribution in [1.29, 1.82) is 0 Å². The first-order chi connectivity index (χ1) is 11.7. The Morgan fingerprint density at radius 1 is 1.21 bits per heavy atom. The Labute approximate surface area is 137 Å². The predicted octanol–water partition coefficient (Wildman–Crippen LogP) is 2.81. The average molecular weight is 326 g/mol. The fourth-order valence-corrected chi connectivity index (χ4v) is 2.03. The Bertz CT molecular complexity index is 845. The van der Waals surface area contributed by atoms with Gasteiger partial charge in [0, 0.05) is 11.6 Å². The lowest BCUT2D eigenvalue weighted by molar-refractivity contribution is 0.0426. The number of aromatic nitrogens is 2. The molecule has 0 amide bonds. The highest BCUT2D eigenvalue weighted by Crippen LogP contribution is 2.24. The van der Waals surface area contributed by atoms with Crippen molar-refractivity contribution in [3.63, 3.8) is 0 Å². The molecule has 0 aliphatic carbocycles. The first-order valence-electron chi connectivity index (χ1n) is 7.09. The van der Waals surface area contributed by atoms with Crippen LogP contribution >= 0.6 is 0 Å². The molecule has 1 N–H and O–H groups in total. The normalized spacial score (nSPS) is 10.4. The molecule has 3 rings (SSSR count). The number of benzene rings is 2. The number of hydrogen-bond donors (Lipinski definition) is 1. The number of hydrogen-bond acceptors (Lipinski definition) is 7. The molecule has 0 saturated carbocycles. The lowest BCUT2D eigenvalue weighted by Gasteiger charge is -2.06. The smallest absolute Gasteiger partial charge is 0.342 e. The summed E-state index contributed by atoms with van der Waals surface area (Å²) in [4.78, 5) is 16.2. The monoisotopic (exact) mass is 326 g/mol. The number of aromatic hydroxyl groups is 1. The number of carbonyl (C=O) groups is 1. The number of phenolic OH excluding ortho intramolecular Hbond substituents is 1. The Morgan fingerprint density at radius 3 is 2.71 bits per heavy atom. The van der Waals surface area contributed by atoms with Crippen LogP contribution in [0.4, 0.5) is 0 Å². The van der Waals surface area contributed by atoms with Crippen LogP contribution in [0, 0.1) is 0 Å². The van der Waals surface area contributed by atoms with Crippen LogP contribution in [0.2, 0.25) is 0 Å². The van der Waals surface area contributed by atoms with Gasteiger partial charge >= 0.3 is 5.97 Å². The molecular formula is C17H14N2O5. The molecule has 7 heteroatoms. The summed E-state index contributed by atoms with van der Waals surface area (Å²) in [6.07, 6.45) is 0. The largest absolute Gasteiger partial charge is 0.507 e. The Kier molecular flexibility index (Phi) is 4.42. The van der Waals surface area contributed by atoms with Crippen LogP contribution in [0.1, 0.15) is 16.2 Å². The van der Waals surface area contributed by atoms with Crippen LogP contribution < -0.4 is 4.74 Å². The molecule has 0 aliphatic heterocycles. The van der Waals surface area contributed by atoms with Gasteiger partial charge in [0.25, 0.3) is 5.89 Å². The lowest BCUT2D eigenvalue weighted by atomic mass is 10.2. The van der Waals surface area contributed by atoms with Gasteiger partial charge in [0.1, 0.15) is 17.1 Å². The molecule has 0 radical (unpaired) electrons. The summed E-state index contributed by atoms with van der Waals surface area (Å²) in [6, 6.07) is 13.6. The van der Waals surface area contributed by atoms with Gasteiger partial charge in [-0.25, -0.2) is 4.79 Å². The van der Waals surface area contributed by atoms with Gasteiger partial charge in [-0.15, -0.1) is 0 Å². The number of ether oxygens (including phenoxy) is 2. The maximum absolute atomic E-state index is 12.0. The van der Waals surface area contributed by atoms with Crippen molar-refractivity contribution in [3.05, 3.63) is 60.0 Å². The van der Waals surface area contributed by atoms with E-state index in [-0.39, 0.29) is 23.8 Å². The van der Waals surface area contributed by atoms with Crippen molar-refractivity contribution < 1.29 is 23.9 Å². The first kappa shape index (κ1) is 15.5. The zero-order valence-corrected chi connectivity index (χ0v) is 12.8. The quantitative estimate of drug-likeness (QED) is 0.720. The van der Waals surface area contributed by atoms with E-state index in [2.05, 4.69) is 10.1 Å². The minimum absolute atomic E-state index is 0.0265. The summed E-state index contributed by atoms with van der Waals surface area (Å²) in [7, 11) is 1.46. The molecule has 0 spiro atoms. The topological polar surface area (TPSA) is 94.7 Å². The number of phenols is 1. The van der Waals surface area contributed by atoms with Crippen LogP contribution in [0.25, 0.3) is 11.4 Å². The standard InChI is InChI=1S/C17H14N2O5/c1-22-12-7-8-13(14(20)9-12)17(21)23-10-15-18-16(19-24-15)11-5-3-2-4-6-11/h2-9,20H,10H2,1H3. The van der Waals surface area contributed by atoms with E-state index in [0.717, 1.165) is 5.56 Å². The maximum atomic E-state index is 12.0. The van der Waals surface area contributed by atoms with Crippen LogP contribution in [-0.4, -0.2) is 28.3 Å². The van der Waals surface area contributed by atoms with Crippen molar-refractivity contribution in [2.45, 2.75) is 6.61 Å². The van der Waals surface area contributed by atoms with Crippen LogP contribution in [0.5, 0.6) is 11.5 Å². The van der Waals surface area contributed by atoms with E-state index >= 15 is 0 Å². The predicted molar refractivity (Wildman–Crippen MR) is 83.5 cm³/mol. The molecule has 3 aromatic rings. The highest BCUT2D eigenvalue weighted by molar-refractivity contribution is 5.92. The Balaban J connectivity index is 1.66. The Hall–Kier alpha value is -3.35. The molecule has 122 valence electrons. The molecule has 1 aromatic heterocycles. The second-order valence-corrected chi connectivity index (χ2v) is 4.84. The van der Waals surface area contributed by atoms with E-state index in [0.29, 0.717) is 11.6 Å². The summed E-state index contributed by atoms with van der Waals surface area (Å²) in [6.45, 7) is -0.190. The molecule has 0 fully saturated rings. The van der Waals surface area contributed by atoms with E-state index in [1.807, 2.05) is 30.3 Å². The minimum atomic E-state index is -0.699. The van der Waals surface area contributed by atoms with Gasteiger partial charge in [-0.2, -0.15) is 4.98 Å². The van der Waals surface area contributed by atoms with Crippen molar-refractivity contribution in [3.8, 4) is 22.9 Å². The minimum Gasteiger partial charge on any atom is -0.507 e. The third-order valence-corrected chi connectivity index (χ3v) is 3.25. The molecule has 1 heterocycles. The van der Waals surface area contributed by atoms with Crippen LogP contribution in [0.3, 0.4) is 0 Å². The van der Waals surface area contributed by atoms with E-state index in [1.54, 1.807) is 6.07 Å². The molecule has 0 bridgehead atoms. The molecule has 2 aromatic carbocycles. The van der Waals surface area contributed by atoms with Crippen LogP contribution in [-0.2, 0) is 11.3 Å². The summed E-state index contributed by atoms with van der Waals surface area (Å²) in [5.74, 6) is 0.0853. The van der Waals surface area contributed by atoms with Crippen molar-refractivity contribution in [2.24, 2.45) is 0 Å². The number of nitrogens with zero attached hydrogens (tertiary/aromatic N) is 2. The number of carbonyl (C=O) groups excluding carboxylic acids is 1. The summed E-state index contributed by atoms with van der Waals surface area (Å²) in [5.41, 5.74) is 0.824.